The molecule has 1 N–H and O–H groups in total. The van der Waals surface area contributed by atoms with E-state index in [0.717, 1.165) is 12.4 Å². The Bertz CT molecular complexity index is 406. The number of nitrogens with zero attached hydrogens (tertiary/aromatic N) is 1. The Balaban J connectivity index is 2.49. The summed E-state index contributed by atoms with van der Waals surface area (Å²) in [6.45, 7) is 9.75. The third-order valence-electron chi connectivity index (χ3n) is 2.91. The maximum absolute atomic E-state index is 8.75. The maximum Gasteiger partial charge on any atom is 0.119 e. The number of ether oxygens (including phenoxy) is 1. The largest absolute Gasteiger partial charge is 0.493 e. The first-order valence-electron chi connectivity index (χ1n) is 6.88. The SMILES string of the molecule is CC(C)COc1ccc(C(C)NCC(C)C#N)cc1. The van der Waals surface area contributed by atoms with Crippen LogP contribution in [0.15, 0.2) is 24.3 Å². The minimum Gasteiger partial charge on any atom is -0.493 e. The molecule has 3 heteroatoms. The van der Waals surface area contributed by atoms with E-state index in [2.05, 4.69) is 44.3 Å². The molecule has 1 rings (SSSR count). The Morgan fingerprint density at radius 2 is 1.79 bits per heavy atom. The molecule has 104 valence electrons. The fraction of sp³-hybridized carbons (Fsp3) is 0.562. The van der Waals surface area contributed by atoms with E-state index < -0.39 is 0 Å². The zero-order chi connectivity index (χ0) is 14.3. The van der Waals surface area contributed by atoms with Gasteiger partial charge in [0.1, 0.15) is 5.75 Å². The summed E-state index contributed by atoms with van der Waals surface area (Å²) in [4.78, 5) is 0. The van der Waals surface area contributed by atoms with Gasteiger partial charge in [0, 0.05) is 12.6 Å². The first-order chi connectivity index (χ1) is 9.02. The van der Waals surface area contributed by atoms with Gasteiger partial charge in [-0.1, -0.05) is 26.0 Å². The molecule has 0 aromatic heterocycles. The van der Waals surface area contributed by atoms with Gasteiger partial charge in [-0.3, -0.25) is 0 Å². The van der Waals surface area contributed by atoms with Crippen molar-refractivity contribution in [2.75, 3.05) is 13.2 Å². The predicted molar refractivity (Wildman–Crippen MR) is 78.0 cm³/mol. The quantitative estimate of drug-likeness (QED) is 0.815. The normalized spacial score (nSPS) is 13.9. The van der Waals surface area contributed by atoms with Crippen molar-refractivity contribution >= 4 is 0 Å². The number of nitrogens with one attached hydrogen (secondary N) is 1. The molecule has 2 atom stereocenters. The first-order valence-corrected chi connectivity index (χ1v) is 6.88. The molecule has 0 heterocycles. The fourth-order valence-corrected chi connectivity index (χ4v) is 1.63. The average molecular weight is 260 g/mol. The molecule has 0 aliphatic rings. The van der Waals surface area contributed by atoms with E-state index in [1.807, 2.05) is 19.1 Å². The third-order valence-corrected chi connectivity index (χ3v) is 2.91. The molecule has 0 saturated heterocycles. The van der Waals surface area contributed by atoms with Crippen LogP contribution < -0.4 is 10.1 Å². The Labute approximate surface area is 116 Å². The van der Waals surface area contributed by atoms with Gasteiger partial charge in [-0.15, -0.1) is 0 Å². The van der Waals surface area contributed by atoms with Crippen molar-refractivity contribution in [1.29, 1.82) is 5.26 Å². The molecule has 0 saturated carbocycles. The second-order valence-corrected chi connectivity index (χ2v) is 5.43. The first kappa shape index (κ1) is 15.5. The fourth-order valence-electron chi connectivity index (χ4n) is 1.63. The molecule has 1 aromatic rings. The van der Waals surface area contributed by atoms with Crippen molar-refractivity contribution in [3.05, 3.63) is 29.8 Å². The summed E-state index contributed by atoms with van der Waals surface area (Å²) in [6, 6.07) is 10.6. The van der Waals surface area contributed by atoms with Gasteiger partial charge in [-0.05, 0) is 37.5 Å². The zero-order valence-electron chi connectivity index (χ0n) is 12.3. The lowest BCUT2D eigenvalue weighted by Crippen LogP contribution is -2.23. The summed E-state index contributed by atoms with van der Waals surface area (Å²) >= 11 is 0. The third kappa shape index (κ3) is 5.76. The number of rotatable bonds is 7. The number of nitriles is 1. The van der Waals surface area contributed by atoms with E-state index in [1.165, 1.54) is 5.56 Å². The van der Waals surface area contributed by atoms with Gasteiger partial charge in [-0.25, -0.2) is 0 Å². The van der Waals surface area contributed by atoms with E-state index in [4.69, 9.17) is 10.00 Å². The standard InChI is InChI=1S/C16H24N2O/c1-12(2)11-19-16-7-5-15(6-8-16)14(4)18-10-13(3)9-17/h5-8,12-14,18H,10-11H2,1-4H3. The van der Waals surface area contributed by atoms with Crippen LogP contribution in [0.1, 0.15) is 39.3 Å². The summed E-state index contributed by atoms with van der Waals surface area (Å²) in [6.07, 6.45) is 0. The van der Waals surface area contributed by atoms with Crippen LogP contribution in [0.3, 0.4) is 0 Å². The molecule has 1 aromatic carbocycles. The Morgan fingerprint density at radius 1 is 1.16 bits per heavy atom. The van der Waals surface area contributed by atoms with Crippen molar-refractivity contribution in [2.24, 2.45) is 11.8 Å². The molecule has 0 bridgehead atoms. The van der Waals surface area contributed by atoms with E-state index in [1.54, 1.807) is 0 Å². The van der Waals surface area contributed by atoms with E-state index >= 15 is 0 Å². The molecular weight excluding hydrogens is 236 g/mol. The van der Waals surface area contributed by atoms with Crippen molar-refractivity contribution < 1.29 is 4.74 Å². The Morgan fingerprint density at radius 3 is 2.32 bits per heavy atom. The van der Waals surface area contributed by atoms with Crippen LogP contribution in [0.2, 0.25) is 0 Å². The lowest BCUT2D eigenvalue weighted by Gasteiger charge is -2.16. The van der Waals surface area contributed by atoms with Gasteiger partial charge in [0.2, 0.25) is 0 Å². The summed E-state index contributed by atoms with van der Waals surface area (Å²) < 4.78 is 5.65. The van der Waals surface area contributed by atoms with Gasteiger partial charge in [0.15, 0.2) is 0 Å². The molecule has 0 spiro atoms. The predicted octanol–water partition coefficient (Wildman–Crippen LogP) is 3.53. The summed E-state index contributed by atoms with van der Waals surface area (Å²) in [5.41, 5.74) is 1.21. The zero-order valence-corrected chi connectivity index (χ0v) is 12.3. The van der Waals surface area contributed by atoms with Gasteiger partial charge in [0.05, 0.1) is 18.6 Å². The Hall–Kier alpha value is -1.53. The van der Waals surface area contributed by atoms with Crippen LogP contribution >= 0.6 is 0 Å². The lowest BCUT2D eigenvalue weighted by molar-refractivity contribution is 0.271. The molecule has 0 aliphatic heterocycles. The van der Waals surface area contributed by atoms with Crippen molar-refractivity contribution in [2.45, 2.75) is 33.7 Å². The van der Waals surface area contributed by atoms with E-state index in [-0.39, 0.29) is 12.0 Å². The Kier molecular flexibility index (Phi) is 6.38. The highest BCUT2D eigenvalue weighted by atomic mass is 16.5. The van der Waals surface area contributed by atoms with Gasteiger partial charge < -0.3 is 10.1 Å². The second-order valence-electron chi connectivity index (χ2n) is 5.43. The molecule has 0 radical (unpaired) electrons. The van der Waals surface area contributed by atoms with Gasteiger partial charge >= 0.3 is 0 Å². The van der Waals surface area contributed by atoms with Crippen LogP contribution in [-0.4, -0.2) is 13.2 Å². The van der Waals surface area contributed by atoms with Crippen LogP contribution in [-0.2, 0) is 0 Å². The molecule has 19 heavy (non-hydrogen) atoms. The molecule has 0 amide bonds. The van der Waals surface area contributed by atoms with Crippen LogP contribution in [0.4, 0.5) is 0 Å². The van der Waals surface area contributed by atoms with Crippen LogP contribution in [0, 0.1) is 23.2 Å². The molecule has 0 fully saturated rings. The van der Waals surface area contributed by atoms with Crippen molar-refractivity contribution in [3.8, 4) is 11.8 Å². The monoisotopic (exact) mass is 260 g/mol. The van der Waals surface area contributed by atoms with Crippen molar-refractivity contribution in [3.63, 3.8) is 0 Å². The second kappa shape index (κ2) is 7.81. The number of hydrogen-bond donors (Lipinski definition) is 1. The van der Waals surface area contributed by atoms with E-state index in [9.17, 15) is 0 Å². The lowest BCUT2D eigenvalue weighted by atomic mass is 10.1. The van der Waals surface area contributed by atoms with Gasteiger partial charge in [-0.2, -0.15) is 5.26 Å². The number of benzene rings is 1. The summed E-state index contributed by atoms with van der Waals surface area (Å²) in [5, 5.41) is 12.1. The molecule has 2 unspecified atom stereocenters. The average Bonchev–Trinajstić information content (AvgIpc) is 2.42. The van der Waals surface area contributed by atoms with Gasteiger partial charge in [0.25, 0.3) is 0 Å². The van der Waals surface area contributed by atoms with E-state index in [0.29, 0.717) is 12.5 Å². The molecule has 3 nitrogen and oxygen atoms in total. The highest BCUT2D eigenvalue weighted by Crippen LogP contribution is 2.18. The highest BCUT2D eigenvalue weighted by molar-refractivity contribution is 5.28. The topological polar surface area (TPSA) is 45.0 Å². The molecular formula is C16H24N2O. The highest BCUT2D eigenvalue weighted by Gasteiger charge is 2.07. The molecule has 0 aliphatic carbocycles. The number of hydrogen-bond acceptors (Lipinski definition) is 3. The van der Waals surface area contributed by atoms with Crippen LogP contribution in [0.5, 0.6) is 5.75 Å². The van der Waals surface area contributed by atoms with Crippen LogP contribution in [0.25, 0.3) is 0 Å². The van der Waals surface area contributed by atoms with Crippen molar-refractivity contribution in [1.82, 2.24) is 5.32 Å². The maximum atomic E-state index is 8.75. The minimum absolute atomic E-state index is 0.0381. The minimum atomic E-state index is 0.0381. The smallest absolute Gasteiger partial charge is 0.119 e. The summed E-state index contributed by atoms with van der Waals surface area (Å²) in [5.74, 6) is 1.49. The summed E-state index contributed by atoms with van der Waals surface area (Å²) in [7, 11) is 0.